The van der Waals surface area contributed by atoms with Crippen LogP contribution < -0.4 is 10.6 Å². The molecular formula is C27H32N2O5. The minimum absolute atomic E-state index is 0.00467. The van der Waals surface area contributed by atoms with Crippen molar-refractivity contribution in [2.24, 2.45) is 5.92 Å². The minimum Gasteiger partial charge on any atom is -0.481 e. The summed E-state index contributed by atoms with van der Waals surface area (Å²) in [4.78, 5) is 35.9. The topological polar surface area (TPSA) is 105 Å². The Bertz CT molecular complexity index is 1010. The third kappa shape index (κ3) is 5.41. The number of carbonyl (C=O) groups is 3. The van der Waals surface area contributed by atoms with Gasteiger partial charge in [-0.2, -0.15) is 0 Å². The van der Waals surface area contributed by atoms with Gasteiger partial charge in [-0.1, -0.05) is 55.5 Å². The van der Waals surface area contributed by atoms with E-state index in [9.17, 15) is 14.4 Å². The normalized spacial score (nSPS) is 19.7. The highest BCUT2D eigenvalue weighted by Gasteiger charge is 2.31. The Morgan fingerprint density at radius 2 is 1.68 bits per heavy atom. The van der Waals surface area contributed by atoms with Crippen LogP contribution >= 0.6 is 0 Å². The summed E-state index contributed by atoms with van der Waals surface area (Å²) in [6, 6.07) is 16.2. The second kappa shape index (κ2) is 10.7. The van der Waals surface area contributed by atoms with Crippen molar-refractivity contribution in [2.45, 2.75) is 63.5 Å². The second-order valence-corrected chi connectivity index (χ2v) is 9.23. The molecule has 4 rings (SSSR count). The lowest BCUT2D eigenvalue weighted by Gasteiger charge is -2.19. The lowest BCUT2D eigenvalue weighted by molar-refractivity contribution is -0.141. The zero-order chi connectivity index (χ0) is 24.1. The standard InChI is InChI=1S/C27H32N2O5/c1-2-18(13-14-25(30)28-19-12-11-17(15-19)26(31)32)29-27(33)34-16-24-22-9-5-3-7-20(22)21-8-4-6-10-23(21)24/h3-10,17-19,24H,2,11-16H2,1H3,(H,28,30)(H,29,33)(H,31,32)/t17-,18?,19+/m0/s1. The first-order chi connectivity index (χ1) is 16.5. The van der Waals surface area contributed by atoms with Crippen LogP contribution in [0.4, 0.5) is 4.79 Å². The van der Waals surface area contributed by atoms with Gasteiger partial charge in [-0.3, -0.25) is 9.59 Å². The molecule has 0 saturated heterocycles. The first-order valence-corrected chi connectivity index (χ1v) is 12.1. The van der Waals surface area contributed by atoms with Crippen LogP contribution in [0.5, 0.6) is 0 Å². The Kier molecular flexibility index (Phi) is 7.50. The molecule has 0 aromatic heterocycles. The van der Waals surface area contributed by atoms with Gasteiger partial charge in [-0.25, -0.2) is 4.79 Å². The van der Waals surface area contributed by atoms with E-state index < -0.39 is 12.1 Å². The fourth-order valence-corrected chi connectivity index (χ4v) is 5.13. The smallest absolute Gasteiger partial charge is 0.407 e. The molecule has 0 heterocycles. The third-order valence-corrected chi connectivity index (χ3v) is 7.03. The highest BCUT2D eigenvalue weighted by atomic mass is 16.5. The number of fused-ring (bicyclic) bond motifs is 3. The van der Waals surface area contributed by atoms with Gasteiger partial charge in [0.15, 0.2) is 0 Å². The Labute approximate surface area is 199 Å². The fraction of sp³-hybridized carbons (Fsp3) is 0.444. The van der Waals surface area contributed by atoms with Crippen LogP contribution in [0, 0.1) is 5.92 Å². The third-order valence-electron chi connectivity index (χ3n) is 7.03. The Morgan fingerprint density at radius 1 is 1.03 bits per heavy atom. The van der Waals surface area contributed by atoms with E-state index >= 15 is 0 Å². The van der Waals surface area contributed by atoms with Crippen molar-refractivity contribution in [1.29, 1.82) is 0 Å². The maximum absolute atomic E-state index is 12.5. The van der Waals surface area contributed by atoms with E-state index in [-0.39, 0.29) is 42.9 Å². The van der Waals surface area contributed by atoms with E-state index in [4.69, 9.17) is 9.84 Å². The number of rotatable bonds is 9. The van der Waals surface area contributed by atoms with Crippen molar-refractivity contribution in [3.05, 3.63) is 59.7 Å². The lowest BCUT2D eigenvalue weighted by Crippen LogP contribution is -2.38. The molecule has 1 fully saturated rings. The van der Waals surface area contributed by atoms with Crippen LogP contribution in [0.25, 0.3) is 11.1 Å². The average molecular weight is 465 g/mol. The molecule has 0 spiro atoms. The molecule has 1 saturated carbocycles. The number of carbonyl (C=O) groups excluding carboxylic acids is 2. The van der Waals surface area contributed by atoms with Gasteiger partial charge in [-0.05, 0) is 54.4 Å². The number of nitrogens with one attached hydrogen (secondary N) is 2. The van der Waals surface area contributed by atoms with Gasteiger partial charge < -0.3 is 20.5 Å². The monoisotopic (exact) mass is 464 g/mol. The molecule has 7 nitrogen and oxygen atoms in total. The van der Waals surface area contributed by atoms with Gasteiger partial charge in [0.2, 0.25) is 5.91 Å². The quantitative estimate of drug-likeness (QED) is 0.508. The largest absolute Gasteiger partial charge is 0.481 e. The SMILES string of the molecule is CCC(CCC(=O)N[C@@H]1CC[C@H](C(=O)O)C1)NC(=O)OCC1c2ccccc2-c2ccccc21. The molecule has 34 heavy (non-hydrogen) atoms. The van der Waals surface area contributed by atoms with E-state index in [1.54, 1.807) is 0 Å². The van der Waals surface area contributed by atoms with Gasteiger partial charge in [0.25, 0.3) is 0 Å². The molecule has 180 valence electrons. The summed E-state index contributed by atoms with van der Waals surface area (Å²) in [5.41, 5.74) is 4.69. The van der Waals surface area contributed by atoms with Crippen molar-refractivity contribution in [3.63, 3.8) is 0 Å². The predicted molar refractivity (Wildman–Crippen MR) is 128 cm³/mol. The number of benzene rings is 2. The number of carboxylic acid groups (broad SMARTS) is 1. The second-order valence-electron chi connectivity index (χ2n) is 9.23. The van der Waals surface area contributed by atoms with Crippen molar-refractivity contribution in [1.82, 2.24) is 10.6 Å². The van der Waals surface area contributed by atoms with Gasteiger partial charge >= 0.3 is 12.1 Å². The summed E-state index contributed by atoms with van der Waals surface area (Å²) in [5.74, 6) is -1.27. The highest BCUT2D eigenvalue weighted by Crippen LogP contribution is 2.44. The summed E-state index contributed by atoms with van der Waals surface area (Å²) in [5, 5.41) is 14.9. The zero-order valence-corrected chi connectivity index (χ0v) is 19.5. The van der Waals surface area contributed by atoms with Crippen molar-refractivity contribution in [2.75, 3.05) is 6.61 Å². The Morgan fingerprint density at radius 3 is 2.26 bits per heavy atom. The van der Waals surface area contributed by atoms with Crippen molar-refractivity contribution in [3.8, 4) is 11.1 Å². The van der Waals surface area contributed by atoms with Crippen molar-refractivity contribution >= 4 is 18.0 Å². The van der Waals surface area contributed by atoms with E-state index in [0.29, 0.717) is 32.1 Å². The summed E-state index contributed by atoms with van der Waals surface area (Å²) in [7, 11) is 0. The van der Waals surface area contributed by atoms with E-state index in [2.05, 4.69) is 34.9 Å². The van der Waals surface area contributed by atoms with Crippen molar-refractivity contribution < 1.29 is 24.2 Å². The molecule has 2 aromatic carbocycles. The van der Waals surface area contributed by atoms with E-state index in [1.165, 1.54) is 11.1 Å². The summed E-state index contributed by atoms with van der Waals surface area (Å²) < 4.78 is 5.61. The number of aliphatic carboxylic acids is 1. The fourth-order valence-electron chi connectivity index (χ4n) is 5.13. The Balaban J connectivity index is 1.24. The molecule has 2 aromatic rings. The van der Waals surface area contributed by atoms with E-state index in [1.807, 2.05) is 31.2 Å². The number of alkyl carbamates (subject to hydrolysis) is 1. The summed E-state index contributed by atoms with van der Waals surface area (Å²) in [6.07, 6.45) is 2.75. The molecule has 0 aliphatic heterocycles. The lowest BCUT2D eigenvalue weighted by atomic mass is 9.98. The maximum Gasteiger partial charge on any atom is 0.407 e. The molecule has 2 aliphatic rings. The number of ether oxygens (including phenoxy) is 1. The predicted octanol–water partition coefficient (Wildman–Crippen LogP) is 4.45. The molecule has 7 heteroatoms. The number of hydrogen-bond acceptors (Lipinski definition) is 4. The molecule has 2 amide bonds. The number of hydrogen-bond donors (Lipinski definition) is 3. The van der Waals surface area contributed by atoms with Gasteiger partial charge in [0.05, 0.1) is 5.92 Å². The molecule has 2 aliphatic carbocycles. The van der Waals surface area contributed by atoms with Crippen LogP contribution in [0.3, 0.4) is 0 Å². The minimum atomic E-state index is -0.796. The maximum atomic E-state index is 12.5. The van der Waals surface area contributed by atoms with E-state index in [0.717, 1.165) is 11.1 Å². The van der Waals surface area contributed by atoms with Crippen LogP contribution in [0.2, 0.25) is 0 Å². The molecule has 0 radical (unpaired) electrons. The van der Waals surface area contributed by atoms with Crippen LogP contribution in [0.15, 0.2) is 48.5 Å². The number of amides is 2. The number of carboxylic acids is 1. The summed E-state index contributed by atoms with van der Waals surface area (Å²) >= 11 is 0. The first kappa shape index (κ1) is 23.8. The van der Waals surface area contributed by atoms with Crippen LogP contribution in [0.1, 0.15) is 62.5 Å². The Hall–Kier alpha value is -3.35. The molecule has 0 bridgehead atoms. The first-order valence-electron chi connectivity index (χ1n) is 12.1. The van der Waals surface area contributed by atoms with Gasteiger partial charge in [-0.15, -0.1) is 0 Å². The summed E-state index contributed by atoms with van der Waals surface area (Å²) in [6.45, 7) is 2.21. The highest BCUT2D eigenvalue weighted by molar-refractivity contribution is 5.79. The van der Waals surface area contributed by atoms with Gasteiger partial charge in [0, 0.05) is 24.4 Å². The van der Waals surface area contributed by atoms with Crippen LogP contribution in [-0.4, -0.2) is 41.8 Å². The molecular weight excluding hydrogens is 432 g/mol. The molecule has 3 N–H and O–H groups in total. The van der Waals surface area contributed by atoms with Gasteiger partial charge in [0.1, 0.15) is 6.61 Å². The molecule has 3 atom stereocenters. The van der Waals surface area contributed by atoms with Crippen LogP contribution in [-0.2, 0) is 14.3 Å². The zero-order valence-electron chi connectivity index (χ0n) is 19.5. The molecule has 1 unspecified atom stereocenters. The average Bonchev–Trinajstić information content (AvgIpc) is 3.43.